The molecule has 8 nitrogen and oxygen atoms in total. The molecule has 0 aliphatic carbocycles. The summed E-state index contributed by atoms with van der Waals surface area (Å²) in [6.07, 6.45) is 4.52. The molecule has 0 saturated carbocycles. The SMILES string of the molecule is C=CCN(C(=O)C1N(CCCCCO)C(=O)[C@@H]2[C@H](C(=O)O)[C@]3(C)CCC12O3)c1c(C)cccc1C. The molecule has 3 aliphatic rings. The maximum atomic E-state index is 14.4. The third-order valence-electron chi connectivity index (χ3n) is 8.12. The first-order chi connectivity index (χ1) is 16.6. The predicted octanol–water partition coefficient (Wildman–Crippen LogP) is 2.83. The highest BCUT2D eigenvalue weighted by Crippen LogP contribution is 2.63. The first kappa shape index (κ1) is 25.4. The van der Waals surface area contributed by atoms with Crippen molar-refractivity contribution in [2.24, 2.45) is 11.8 Å². The Labute approximate surface area is 206 Å². The lowest BCUT2D eigenvalue weighted by Gasteiger charge is -2.37. The van der Waals surface area contributed by atoms with E-state index in [1.54, 1.807) is 22.8 Å². The van der Waals surface area contributed by atoms with Gasteiger partial charge in [0.25, 0.3) is 5.91 Å². The standard InChI is InChI=1S/C27H36N2O6/c1-5-14-28(21-17(2)10-9-11-18(21)3)24(32)22-27-13-12-26(4,35-27)20(25(33)34)19(27)23(31)29(22)15-7-6-8-16-30/h5,9-11,19-20,22,30H,1,6-8,12-16H2,2-4H3,(H,33,34)/t19-,20+,22?,26-,27?/m0/s1. The van der Waals surface area contributed by atoms with Gasteiger partial charge in [-0.3, -0.25) is 14.4 Å². The van der Waals surface area contributed by atoms with Crippen LogP contribution in [0.2, 0.25) is 0 Å². The zero-order valence-electron chi connectivity index (χ0n) is 20.8. The van der Waals surface area contributed by atoms with Crippen LogP contribution in [-0.2, 0) is 19.1 Å². The average Bonchev–Trinajstić information content (AvgIpc) is 3.36. The number of aliphatic carboxylic acids is 1. The molecule has 3 heterocycles. The van der Waals surface area contributed by atoms with E-state index in [2.05, 4.69) is 6.58 Å². The summed E-state index contributed by atoms with van der Waals surface area (Å²) in [7, 11) is 0. The number of aliphatic hydroxyl groups excluding tert-OH is 1. The molecule has 2 N–H and O–H groups in total. The summed E-state index contributed by atoms with van der Waals surface area (Å²) in [5, 5.41) is 19.2. The maximum Gasteiger partial charge on any atom is 0.310 e. The summed E-state index contributed by atoms with van der Waals surface area (Å²) in [6.45, 7) is 10.1. The Kier molecular flexibility index (Phi) is 6.81. The molecule has 35 heavy (non-hydrogen) atoms. The van der Waals surface area contributed by atoms with Gasteiger partial charge in [-0.15, -0.1) is 6.58 Å². The summed E-state index contributed by atoms with van der Waals surface area (Å²) in [5.41, 5.74) is 0.493. The van der Waals surface area contributed by atoms with Crippen molar-refractivity contribution >= 4 is 23.5 Å². The first-order valence-electron chi connectivity index (χ1n) is 12.5. The maximum absolute atomic E-state index is 14.4. The fraction of sp³-hybridized carbons (Fsp3) is 0.593. The van der Waals surface area contributed by atoms with Crippen LogP contribution in [0.1, 0.15) is 50.2 Å². The van der Waals surface area contributed by atoms with E-state index in [1.165, 1.54) is 0 Å². The van der Waals surface area contributed by atoms with Gasteiger partial charge < -0.3 is 24.7 Å². The number of unbranched alkanes of at least 4 members (excludes halogenated alkanes) is 2. The second-order valence-electron chi connectivity index (χ2n) is 10.4. The number of carboxylic acids is 1. The monoisotopic (exact) mass is 484 g/mol. The minimum Gasteiger partial charge on any atom is -0.481 e. The van der Waals surface area contributed by atoms with Crippen LogP contribution in [0, 0.1) is 25.7 Å². The number of ether oxygens (including phenoxy) is 1. The van der Waals surface area contributed by atoms with Gasteiger partial charge in [-0.1, -0.05) is 24.3 Å². The summed E-state index contributed by atoms with van der Waals surface area (Å²) in [5.74, 6) is -3.53. The van der Waals surface area contributed by atoms with Gasteiger partial charge in [-0.25, -0.2) is 0 Å². The number of likely N-dealkylation sites (tertiary alicyclic amines) is 1. The summed E-state index contributed by atoms with van der Waals surface area (Å²) in [4.78, 5) is 43.8. The van der Waals surface area contributed by atoms with Crippen LogP contribution in [0.3, 0.4) is 0 Å². The molecule has 0 aromatic heterocycles. The Morgan fingerprint density at radius 2 is 1.91 bits per heavy atom. The van der Waals surface area contributed by atoms with Crippen LogP contribution < -0.4 is 4.90 Å². The number of carbonyl (C=O) groups excluding carboxylic acids is 2. The van der Waals surface area contributed by atoms with Crippen molar-refractivity contribution in [3.63, 3.8) is 0 Å². The molecule has 1 aromatic rings. The van der Waals surface area contributed by atoms with Gasteiger partial charge in [-0.2, -0.15) is 0 Å². The van der Waals surface area contributed by atoms with Gasteiger partial charge in [0.05, 0.1) is 17.4 Å². The molecule has 2 unspecified atom stereocenters. The van der Waals surface area contributed by atoms with E-state index in [0.29, 0.717) is 38.6 Å². The average molecular weight is 485 g/mol. The van der Waals surface area contributed by atoms with Crippen LogP contribution in [0.25, 0.3) is 0 Å². The van der Waals surface area contributed by atoms with Gasteiger partial charge in [0, 0.05) is 25.4 Å². The van der Waals surface area contributed by atoms with Gasteiger partial charge in [-0.05, 0) is 64.0 Å². The van der Waals surface area contributed by atoms with Gasteiger partial charge >= 0.3 is 5.97 Å². The molecule has 5 atom stereocenters. The topological polar surface area (TPSA) is 107 Å². The lowest BCUT2D eigenvalue weighted by atomic mass is 9.66. The second kappa shape index (κ2) is 9.39. The van der Waals surface area contributed by atoms with Crippen molar-refractivity contribution in [2.45, 2.75) is 70.1 Å². The molecule has 2 bridgehead atoms. The van der Waals surface area contributed by atoms with Crippen molar-refractivity contribution in [3.8, 4) is 0 Å². The number of aryl methyl sites for hydroxylation is 2. The Hall–Kier alpha value is -2.71. The summed E-state index contributed by atoms with van der Waals surface area (Å²) < 4.78 is 6.48. The zero-order chi connectivity index (χ0) is 25.5. The van der Waals surface area contributed by atoms with Crippen molar-refractivity contribution in [2.75, 3.05) is 24.6 Å². The number of hydrogen-bond donors (Lipinski definition) is 2. The minimum atomic E-state index is -1.17. The van der Waals surface area contributed by atoms with Crippen LogP contribution in [0.5, 0.6) is 0 Å². The molecule has 3 aliphatic heterocycles. The van der Waals surface area contributed by atoms with Crippen molar-refractivity contribution < 1.29 is 29.3 Å². The van der Waals surface area contributed by atoms with E-state index in [0.717, 1.165) is 16.8 Å². The number of amides is 2. The number of rotatable bonds is 10. The van der Waals surface area contributed by atoms with Gasteiger partial charge in [0.15, 0.2) is 0 Å². The number of fused-ring (bicyclic) bond motifs is 1. The molecule has 8 heteroatoms. The normalized spacial score (nSPS) is 31.0. The molecule has 3 fully saturated rings. The fourth-order valence-corrected chi connectivity index (χ4v) is 6.69. The van der Waals surface area contributed by atoms with Crippen molar-refractivity contribution in [1.82, 2.24) is 4.90 Å². The van der Waals surface area contributed by atoms with E-state index in [1.807, 2.05) is 32.0 Å². The molecule has 2 amide bonds. The quantitative estimate of drug-likeness (QED) is 0.391. The highest BCUT2D eigenvalue weighted by atomic mass is 16.5. The number of hydrogen-bond acceptors (Lipinski definition) is 5. The number of carbonyl (C=O) groups is 3. The largest absolute Gasteiger partial charge is 0.481 e. The van der Waals surface area contributed by atoms with Crippen LogP contribution in [0.15, 0.2) is 30.9 Å². The van der Waals surface area contributed by atoms with Crippen molar-refractivity contribution in [1.29, 1.82) is 0 Å². The lowest BCUT2D eigenvalue weighted by molar-refractivity contribution is -0.154. The molecule has 3 saturated heterocycles. The highest BCUT2D eigenvalue weighted by molar-refractivity contribution is 6.05. The van der Waals surface area contributed by atoms with Gasteiger partial charge in [0.2, 0.25) is 5.91 Å². The molecular weight excluding hydrogens is 448 g/mol. The Morgan fingerprint density at radius 1 is 1.23 bits per heavy atom. The number of aliphatic hydroxyl groups is 1. The van der Waals surface area contributed by atoms with Crippen LogP contribution in [0.4, 0.5) is 5.69 Å². The fourth-order valence-electron chi connectivity index (χ4n) is 6.69. The first-order valence-corrected chi connectivity index (χ1v) is 12.5. The summed E-state index contributed by atoms with van der Waals surface area (Å²) in [6, 6.07) is 4.90. The molecule has 190 valence electrons. The highest BCUT2D eigenvalue weighted by Gasteiger charge is 2.78. The van der Waals surface area contributed by atoms with Crippen LogP contribution >= 0.6 is 0 Å². The van der Waals surface area contributed by atoms with Gasteiger partial charge in [0.1, 0.15) is 11.6 Å². The van der Waals surface area contributed by atoms with E-state index in [-0.39, 0.29) is 25.0 Å². The van der Waals surface area contributed by atoms with E-state index >= 15 is 0 Å². The van der Waals surface area contributed by atoms with E-state index < -0.39 is 35.0 Å². The number of benzene rings is 1. The smallest absolute Gasteiger partial charge is 0.310 e. The third-order valence-corrected chi connectivity index (χ3v) is 8.12. The molecule has 4 rings (SSSR count). The third kappa shape index (κ3) is 3.87. The Bertz CT molecular complexity index is 1020. The molecule has 0 radical (unpaired) electrons. The Morgan fingerprint density at radius 3 is 2.51 bits per heavy atom. The van der Waals surface area contributed by atoms with E-state index in [4.69, 9.17) is 9.84 Å². The summed E-state index contributed by atoms with van der Waals surface area (Å²) >= 11 is 0. The van der Waals surface area contributed by atoms with Crippen LogP contribution in [-0.4, -0.2) is 69.8 Å². The lowest BCUT2D eigenvalue weighted by Crippen LogP contribution is -2.56. The van der Waals surface area contributed by atoms with Crippen molar-refractivity contribution in [3.05, 3.63) is 42.0 Å². The molecular formula is C27H36N2O6. The number of para-hydroxylation sites is 1. The Balaban J connectivity index is 1.79. The number of nitrogens with zero attached hydrogens (tertiary/aromatic N) is 2. The predicted molar refractivity (Wildman–Crippen MR) is 131 cm³/mol. The number of carboxylic acid groups (broad SMARTS) is 1. The number of anilines is 1. The van der Waals surface area contributed by atoms with E-state index in [9.17, 15) is 19.5 Å². The molecule has 1 aromatic carbocycles. The minimum absolute atomic E-state index is 0.0606. The zero-order valence-corrected chi connectivity index (χ0v) is 20.8. The second-order valence-corrected chi connectivity index (χ2v) is 10.4. The molecule has 1 spiro atoms.